The first-order valence-electron chi connectivity index (χ1n) is 11.4. The summed E-state index contributed by atoms with van der Waals surface area (Å²) in [6.07, 6.45) is -0.979. The van der Waals surface area contributed by atoms with E-state index in [4.69, 9.17) is 27.9 Å². The number of ketones is 1. The zero-order valence-corrected chi connectivity index (χ0v) is 22.4. The van der Waals surface area contributed by atoms with Crippen molar-refractivity contribution in [3.63, 3.8) is 0 Å². The van der Waals surface area contributed by atoms with Crippen LogP contribution in [0.2, 0.25) is 10.0 Å². The normalized spacial score (nSPS) is 11.7. The second-order valence-corrected chi connectivity index (χ2v) is 9.51. The molecule has 0 radical (unpaired) electrons. The highest BCUT2D eigenvalue weighted by Gasteiger charge is 2.37. The first-order valence-corrected chi connectivity index (χ1v) is 12.1. The van der Waals surface area contributed by atoms with Gasteiger partial charge in [-0.3, -0.25) is 9.59 Å². The molecule has 0 aromatic heterocycles. The van der Waals surface area contributed by atoms with E-state index in [1.807, 2.05) is 12.1 Å². The lowest BCUT2D eigenvalue weighted by Crippen LogP contribution is -2.46. The molecule has 0 aliphatic rings. The van der Waals surface area contributed by atoms with Crippen LogP contribution in [0.1, 0.15) is 41.5 Å². The van der Waals surface area contributed by atoms with E-state index in [9.17, 15) is 14.4 Å². The Morgan fingerprint density at radius 2 is 1.54 bits per heavy atom. The summed E-state index contributed by atoms with van der Waals surface area (Å²) in [5.41, 5.74) is 0.0654. The van der Waals surface area contributed by atoms with Crippen molar-refractivity contribution in [2.45, 2.75) is 41.5 Å². The molecule has 0 fully saturated rings. The minimum atomic E-state index is -0.979. The van der Waals surface area contributed by atoms with Crippen molar-refractivity contribution in [1.29, 1.82) is 0 Å². The Labute approximate surface area is 216 Å². The summed E-state index contributed by atoms with van der Waals surface area (Å²) in [6.45, 7) is 12.4. The van der Waals surface area contributed by atoms with Crippen molar-refractivity contribution < 1.29 is 19.1 Å². The van der Waals surface area contributed by atoms with Gasteiger partial charge in [-0.25, -0.2) is 14.7 Å². The fourth-order valence-corrected chi connectivity index (χ4v) is 3.75. The molecule has 2 amide bonds. The summed E-state index contributed by atoms with van der Waals surface area (Å²) >= 11 is 12.3. The van der Waals surface area contributed by atoms with Crippen molar-refractivity contribution in [3.8, 4) is 0 Å². The summed E-state index contributed by atoms with van der Waals surface area (Å²) in [5, 5.41) is 0.369. The molecule has 35 heavy (non-hydrogen) atoms. The zero-order valence-electron chi connectivity index (χ0n) is 20.9. The van der Waals surface area contributed by atoms with Crippen molar-refractivity contribution >= 4 is 63.8 Å². The van der Waals surface area contributed by atoms with Gasteiger partial charge < -0.3 is 9.64 Å². The number of aliphatic imine (C=N–C) groups is 1. The molecule has 0 N–H and O–H groups in total. The molecule has 0 aliphatic carbocycles. The van der Waals surface area contributed by atoms with E-state index in [0.29, 0.717) is 10.7 Å². The molecule has 2 aromatic rings. The van der Waals surface area contributed by atoms with Gasteiger partial charge in [0.05, 0.1) is 23.0 Å². The number of Topliss-reactive ketones (excluding diaryl/α,β-unsaturated/α-hetero) is 1. The van der Waals surface area contributed by atoms with E-state index in [0.717, 1.165) is 23.7 Å². The number of benzene rings is 2. The van der Waals surface area contributed by atoms with Crippen LogP contribution in [-0.2, 0) is 14.3 Å². The van der Waals surface area contributed by atoms with E-state index in [2.05, 4.69) is 23.7 Å². The van der Waals surface area contributed by atoms with Crippen LogP contribution in [0.25, 0.3) is 0 Å². The number of carbonyl (C=O) groups excluding carboxylic acids is 3. The molecule has 0 saturated carbocycles. The molecule has 0 bridgehead atoms. The quantitative estimate of drug-likeness (QED) is 0.285. The minimum Gasteiger partial charge on any atom is -0.449 e. The molecule has 7 nitrogen and oxygen atoms in total. The predicted molar refractivity (Wildman–Crippen MR) is 143 cm³/mol. The predicted octanol–water partition coefficient (Wildman–Crippen LogP) is 6.72. The van der Waals surface area contributed by atoms with Crippen molar-refractivity contribution in [2.24, 2.45) is 10.4 Å². The largest absolute Gasteiger partial charge is 0.449 e. The van der Waals surface area contributed by atoms with Gasteiger partial charge in [-0.2, -0.15) is 0 Å². The van der Waals surface area contributed by atoms with Crippen LogP contribution in [0.3, 0.4) is 0 Å². The molecule has 0 atom stereocenters. The number of rotatable bonds is 8. The minimum absolute atomic E-state index is 0.0142. The molecule has 0 unspecified atom stereocenters. The third-order valence-electron chi connectivity index (χ3n) is 5.12. The summed E-state index contributed by atoms with van der Waals surface area (Å²) < 4.78 is 5.10. The van der Waals surface area contributed by atoms with E-state index >= 15 is 0 Å². The monoisotopic (exact) mass is 519 g/mol. The van der Waals surface area contributed by atoms with Crippen LogP contribution >= 0.6 is 23.2 Å². The van der Waals surface area contributed by atoms with Crippen LogP contribution in [0, 0.1) is 5.41 Å². The van der Waals surface area contributed by atoms with Gasteiger partial charge in [0.1, 0.15) is 0 Å². The molecular formula is C26H31Cl2N3O4. The van der Waals surface area contributed by atoms with Crippen molar-refractivity contribution in [3.05, 3.63) is 52.5 Å². The number of hydrogen-bond acceptors (Lipinski definition) is 6. The molecule has 9 heteroatoms. The Hall–Kier alpha value is -2.90. The van der Waals surface area contributed by atoms with Crippen LogP contribution in [0.4, 0.5) is 21.9 Å². The Bertz CT molecular complexity index is 1100. The van der Waals surface area contributed by atoms with E-state index < -0.39 is 28.9 Å². The summed E-state index contributed by atoms with van der Waals surface area (Å²) in [5.74, 6) is -1.48. The maximum atomic E-state index is 13.7. The van der Waals surface area contributed by atoms with Gasteiger partial charge in [0.2, 0.25) is 0 Å². The average Bonchev–Trinajstić information content (AvgIpc) is 2.80. The van der Waals surface area contributed by atoms with Gasteiger partial charge in [-0.1, -0.05) is 44.0 Å². The Morgan fingerprint density at radius 1 is 0.943 bits per heavy atom. The lowest BCUT2D eigenvalue weighted by atomic mass is 9.87. The maximum Gasteiger partial charge on any atom is 0.421 e. The number of nitrogens with zero attached hydrogens (tertiary/aromatic N) is 3. The molecule has 0 aliphatic heterocycles. The fourth-order valence-electron chi connectivity index (χ4n) is 3.25. The third kappa shape index (κ3) is 7.05. The number of amides is 2. The maximum absolute atomic E-state index is 13.7. The number of halogens is 2. The van der Waals surface area contributed by atoms with E-state index in [1.54, 1.807) is 39.8 Å². The molecule has 0 heterocycles. The number of imide groups is 1. The lowest BCUT2D eigenvalue weighted by Gasteiger charge is -2.24. The topological polar surface area (TPSA) is 79.3 Å². The molecule has 188 valence electrons. The van der Waals surface area contributed by atoms with Crippen LogP contribution in [-0.4, -0.2) is 43.2 Å². The highest BCUT2D eigenvalue weighted by atomic mass is 35.5. The summed E-state index contributed by atoms with van der Waals surface area (Å²) in [6, 6.07) is 11.5. The first-order chi connectivity index (χ1) is 16.4. The van der Waals surface area contributed by atoms with Crippen LogP contribution < -0.4 is 9.80 Å². The smallest absolute Gasteiger partial charge is 0.421 e. The average molecular weight is 520 g/mol. The third-order valence-corrected chi connectivity index (χ3v) is 5.66. The van der Waals surface area contributed by atoms with Gasteiger partial charge in [-0.15, -0.1) is 0 Å². The molecule has 2 rings (SSSR count). The summed E-state index contributed by atoms with van der Waals surface area (Å²) in [7, 11) is 0. The number of anilines is 2. The Morgan fingerprint density at radius 3 is 2.03 bits per heavy atom. The molecule has 2 aromatic carbocycles. The molecule has 0 spiro atoms. The van der Waals surface area contributed by atoms with Gasteiger partial charge in [0, 0.05) is 29.2 Å². The van der Waals surface area contributed by atoms with Crippen LogP contribution in [0.5, 0.6) is 0 Å². The summed E-state index contributed by atoms with van der Waals surface area (Å²) in [4.78, 5) is 47.2. The molecular weight excluding hydrogens is 489 g/mol. The van der Waals surface area contributed by atoms with Crippen molar-refractivity contribution in [1.82, 2.24) is 0 Å². The SMILES string of the molecule is CCOC(=O)N(C(=O)/C(=N\c1ccc(N(CC)CC)cc1)C(=O)C(C)(C)C)c1ccc(Cl)cc1Cl. The van der Waals surface area contributed by atoms with Gasteiger partial charge in [0.25, 0.3) is 5.91 Å². The standard InChI is InChI=1S/C26H31Cl2N3O4/c1-7-30(8-2)19-13-11-18(12-14-19)29-22(23(32)26(4,5)6)24(33)31(25(34)35-9-3)21-15-10-17(27)16-20(21)28/h10-16H,7-9H2,1-6H3/b29-22-. The zero-order chi connectivity index (χ0) is 26.3. The van der Waals surface area contributed by atoms with Gasteiger partial charge >= 0.3 is 6.09 Å². The fraction of sp³-hybridized carbons (Fsp3) is 0.385. The van der Waals surface area contributed by atoms with Gasteiger partial charge in [-0.05, 0) is 63.2 Å². The highest BCUT2D eigenvalue weighted by Crippen LogP contribution is 2.31. The van der Waals surface area contributed by atoms with E-state index in [-0.39, 0.29) is 17.3 Å². The lowest BCUT2D eigenvalue weighted by molar-refractivity contribution is -0.121. The Balaban J connectivity index is 2.64. The van der Waals surface area contributed by atoms with Crippen molar-refractivity contribution in [2.75, 3.05) is 29.5 Å². The number of ether oxygens (including phenoxy) is 1. The Kier molecular flexibility index (Phi) is 9.86. The number of carbonyl (C=O) groups is 3. The second kappa shape index (κ2) is 12.2. The van der Waals surface area contributed by atoms with E-state index in [1.165, 1.54) is 18.2 Å². The number of hydrogen-bond donors (Lipinski definition) is 0. The second-order valence-electron chi connectivity index (χ2n) is 8.66. The highest BCUT2D eigenvalue weighted by molar-refractivity contribution is 6.70. The van der Waals surface area contributed by atoms with Crippen LogP contribution in [0.15, 0.2) is 47.5 Å². The first kappa shape index (κ1) is 28.3. The van der Waals surface area contributed by atoms with Gasteiger partial charge in [0.15, 0.2) is 11.5 Å². The molecule has 0 saturated heterocycles.